The zero-order chi connectivity index (χ0) is 23.1. The van der Waals surface area contributed by atoms with Crippen molar-refractivity contribution in [2.45, 2.75) is 12.5 Å². The Morgan fingerprint density at radius 2 is 1.74 bits per heavy atom. The molecular weight excluding hydrogens is 512 g/mol. The van der Waals surface area contributed by atoms with E-state index in [1.165, 1.54) is 0 Å². The highest BCUT2D eigenvalue weighted by atomic mass is 79.9. The standard InChI is InChI=1S/C27H18BrClN4O/c28-19-6-3-5-18(15-19)23-16-24(25-9-4-14-34-25)33(32-23)27-30-22-8-2-1-7-21(22)26(31-27)17-10-12-20(29)13-11-17/h1-15,24H,16H2/t24-/m1/s1. The fraction of sp³-hybridized carbons (Fsp3) is 0.0741. The second kappa shape index (κ2) is 8.70. The number of rotatable bonds is 4. The summed E-state index contributed by atoms with van der Waals surface area (Å²) in [6.07, 6.45) is 2.36. The van der Waals surface area contributed by atoms with Crippen molar-refractivity contribution in [2.24, 2.45) is 5.10 Å². The lowest BCUT2D eigenvalue weighted by Gasteiger charge is -2.21. The number of aromatic nitrogens is 2. The molecule has 2 aromatic heterocycles. The molecule has 34 heavy (non-hydrogen) atoms. The van der Waals surface area contributed by atoms with E-state index in [-0.39, 0.29) is 6.04 Å². The lowest BCUT2D eigenvalue weighted by atomic mass is 10.0. The molecule has 1 aliphatic heterocycles. The number of nitrogens with zero attached hydrogens (tertiary/aromatic N) is 4. The molecule has 5 nitrogen and oxygen atoms in total. The van der Waals surface area contributed by atoms with Crippen LogP contribution in [0.5, 0.6) is 0 Å². The first kappa shape index (κ1) is 21.1. The van der Waals surface area contributed by atoms with Crippen molar-refractivity contribution in [2.75, 3.05) is 5.01 Å². The van der Waals surface area contributed by atoms with Gasteiger partial charge in [-0.2, -0.15) is 5.10 Å². The van der Waals surface area contributed by atoms with Crippen LogP contribution in [0.3, 0.4) is 0 Å². The molecule has 7 heteroatoms. The predicted octanol–water partition coefficient (Wildman–Crippen LogP) is 7.66. The molecule has 0 saturated heterocycles. The summed E-state index contributed by atoms with van der Waals surface area (Å²) in [6, 6.07) is 27.6. The van der Waals surface area contributed by atoms with Gasteiger partial charge in [-0.25, -0.2) is 15.0 Å². The van der Waals surface area contributed by atoms with E-state index in [4.69, 9.17) is 31.1 Å². The molecule has 0 amide bonds. The molecular formula is C27H18BrClN4O. The van der Waals surface area contributed by atoms with Crippen LogP contribution in [0.25, 0.3) is 22.2 Å². The summed E-state index contributed by atoms with van der Waals surface area (Å²) >= 11 is 9.71. The van der Waals surface area contributed by atoms with Crippen molar-refractivity contribution in [1.29, 1.82) is 0 Å². The first-order valence-electron chi connectivity index (χ1n) is 10.8. The second-order valence-corrected chi connectivity index (χ2v) is 9.39. The van der Waals surface area contributed by atoms with Crippen LogP contribution in [0.15, 0.2) is 105 Å². The minimum absolute atomic E-state index is 0.150. The topological polar surface area (TPSA) is 54.5 Å². The summed E-state index contributed by atoms with van der Waals surface area (Å²) in [6.45, 7) is 0. The number of fused-ring (bicyclic) bond motifs is 1. The Kier molecular flexibility index (Phi) is 5.40. The zero-order valence-electron chi connectivity index (χ0n) is 17.9. The van der Waals surface area contributed by atoms with Crippen LogP contribution in [0, 0.1) is 0 Å². The maximum absolute atomic E-state index is 6.14. The maximum Gasteiger partial charge on any atom is 0.248 e. The third kappa shape index (κ3) is 3.89. The summed E-state index contributed by atoms with van der Waals surface area (Å²) in [5.41, 5.74) is 4.65. The number of hydrazone groups is 1. The van der Waals surface area contributed by atoms with Crippen LogP contribution >= 0.6 is 27.5 Å². The van der Waals surface area contributed by atoms with Gasteiger partial charge in [0.2, 0.25) is 5.95 Å². The molecule has 0 N–H and O–H groups in total. The molecule has 3 heterocycles. The smallest absolute Gasteiger partial charge is 0.248 e. The Labute approximate surface area is 209 Å². The van der Waals surface area contributed by atoms with Crippen molar-refractivity contribution in [3.05, 3.63) is 112 Å². The predicted molar refractivity (Wildman–Crippen MR) is 139 cm³/mol. The summed E-state index contributed by atoms with van der Waals surface area (Å²) in [5, 5.41) is 8.52. The molecule has 0 aliphatic carbocycles. The first-order chi connectivity index (χ1) is 16.7. The van der Waals surface area contributed by atoms with Crippen LogP contribution in [-0.2, 0) is 0 Å². The minimum atomic E-state index is -0.150. The Bertz CT molecular complexity index is 1520. The van der Waals surface area contributed by atoms with E-state index in [1.54, 1.807) is 6.26 Å². The van der Waals surface area contributed by atoms with Gasteiger partial charge in [-0.3, -0.25) is 0 Å². The number of para-hydroxylation sites is 1. The Morgan fingerprint density at radius 3 is 2.53 bits per heavy atom. The second-order valence-electron chi connectivity index (χ2n) is 8.03. The normalized spacial score (nSPS) is 15.6. The van der Waals surface area contributed by atoms with Gasteiger partial charge >= 0.3 is 0 Å². The molecule has 3 aromatic carbocycles. The van der Waals surface area contributed by atoms with Crippen LogP contribution in [0.1, 0.15) is 23.8 Å². The highest BCUT2D eigenvalue weighted by molar-refractivity contribution is 9.10. The number of furan rings is 1. The van der Waals surface area contributed by atoms with E-state index < -0.39 is 0 Å². The molecule has 0 fully saturated rings. The summed E-state index contributed by atoms with van der Waals surface area (Å²) in [5.74, 6) is 1.34. The van der Waals surface area contributed by atoms with Gasteiger partial charge in [-0.15, -0.1) is 0 Å². The van der Waals surface area contributed by atoms with Crippen LogP contribution in [-0.4, -0.2) is 15.7 Å². The third-order valence-corrected chi connectivity index (χ3v) is 6.60. The Morgan fingerprint density at radius 1 is 0.882 bits per heavy atom. The van der Waals surface area contributed by atoms with Gasteiger partial charge in [0, 0.05) is 26.9 Å². The molecule has 0 unspecified atom stereocenters. The highest BCUT2D eigenvalue weighted by Gasteiger charge is 2.34. The van der Waals surface area contributed by atoms with E-state index in [0.29, 0.717) is 17.4 Å². The number of anilines is 1. The molecule has 0 bridgehead atoms. The number of hydrogen-bond donors (Lipinski definition) is 0. The minimum Gasteiger partial charge on any atom is -0.467 e. The van der Waals surface area contributed by atoms with Crippen LogP contribution in [0.2, 0.25) is 5.02 Å². The molecule has 5 aromatic rings. The van der Waals surface area contributed by atoms with E-state index in [2.05, 4.69) is 28.1 Å². The van der Waals surface area contributed by atoms with Crippen molar-refractivity contribution in [1.82, 2.24) is 9.97 Å². The van der Waals surface area contributed by atoms with E-state index >= 15 is 0 Å². The van der Waals surface area contributed by atoms with Gasteiger partial charge in [0.25, 0.3) is 0 Å². The van der Waals surface area contributed by atoms with Crippen LogP contribution < -0.4 is 5.01 Å². The van der Waals surface area contributed by atoms with Gasteiger partial charge in [0.05, 0.1) is 23.2 Å². The quantitative estimate of drug-likeness (QED) is 0.240. The van der Waals surface area contributed by atoms with Crippen LogP contribution in [0.4, 0.5) is 5.95 Å². The SMILES string of the molecule is Clc1ccc(-c2nc(N3N=C(c4cccc(Br)c4)C[C@@H]3c3ccco3)nc3ccccc23)cc1. The lowest BCUT2D eigenvalue weighted by Crippen LogP contribution is -2.20. The molecule has 1 atom stereocenters. The average Bonchev–Trinajstić information content (AvgIpc) is 3.54. The Balaban J connectivity index is 1.52. The van der Waals surface area contributed by atoms with Crippen molar-refractivity contribution >= 4 is 50.1 Å². The molecule has 1 aliphatic rings. The van der Waals surface area contributed by atoms with Gasteiger partial charge < -0.3 is 4.42 Å². The largest absolute Gasteiger partial charge is 0.467 e. The van der Waals surface area contributed by atoms with Crippen molar-refractivity contribution in [3.63, 3.8) is 0 Å². The van der Waals surface area contributed by atoms with Crippen molar-refractivity contribution in [3.8, 4) is 11.3 Å². The number of halogens is 2. The fourth-order valence-electron chi connectivity index (χ4n) is 4.23. The molecule has 6 rings (SSSR count). The number of benzene rings is 3. The number of hydrogen-bond acceptors (Lipinski definition) is 5. The summed E-state index contributed by atoms with van der Waals surface area (Å²) in [4.78, 5) is 9.90. The average molecular weight is 530 g/mol. The fourth-order valence-corrected chi connectivity index (χ4v) is 4.76. The molecule has 0 spiro atoms. The monoisotopic (exact) mass is 528 g/mol. The van der Waals surface area contributed by atoms with Gasteiger partial charge in [-0.1, -0.05) is 70.0 Å². The third-order valence-electron chi connectivity index (χ3n) is 5.85. The molecule has 0 saturated carbocycles. The van der Waals surface area contributed by atoms with E-state index in [1.807, 2.05) is 77.8 Å². The zero-order valence-corrected chi connectivity index (χ0v) is 20.2. The summed E-state index contributed by atoms with van der Waals surface area (Å²) < 4.78 is 6.81. The summed E-state index contributed by atoms with van der Waals surface area (Å²) in [7, 11) is 0. The molecule has 166 valence electrons. The van der Waals surface area contributed by atoms with Gasteiger partial charge in [-0.05, 0) is 48.0 Å². The van der Waals surface area contributed by atoms with E-state index in [0.717, 1.165) is 43.7 Å². The first-order valence-corrected chi connectivity index (χ1v) is 12.0. The van der Waals surface area contributed by atoms with E-state index in [9.17, 15) is 0 Å². The van der Waals surface area contributed by atoms with Gasteiger partial charge in [0.1, 0.15) is 11.8 Å². The highest BCUT2D eigenvalue weighted by Crippen LogP contribution is 2.38. The maximum atomic E-state index is 6.14. The lowest BCUT2D eigenvalue weighted by molar-refractivity contribution is 0.463. The van der Waals surface area contributed by atoms with Crippen molar-refractivity contribution < 1.29 is 4.42 Å². The molecule has 0 radical (unpaired) electrons. The Hall–Kier alpha value is -3.48. The van der Waals surface area contributed by atoms with Gasteiger partial charge in [0.15, 0.2) is 0 Å².